The van der Waals surface area contributed by atoms with Crippen molar-refractivity contribution in [1.29, 1.82) is 0 Å². The standard InChI is InChI=1S/C14H18N2O3S/c15-20(18,19)12-3-1-2-11(8-12)14(17)16-13-7-9-4-5-10(13)6-9/h1-3,8-10,13H,4-7H2,(H,16,17)(H2,15,18,19). The average molecular weight is 294 g/mol. The van der Waals surface area contributed by atoms with Crippen LogP contribution in [0.2, 0.25) is 0 Å². The van der Waals surface area contributed by atoms with E-state index in [0.717, 1.165) is 12.3 Å². The molecule has 6 heteroatoms. The van der Waals surface area contributed by atoms with Crippen LogP contribution in [0.1, 0.15) is 36.0 Å². The van der Waals surface area contributed by atoms with Crippen molar-refractivity contribution in [3.05, 3.63) is 29.8 Å². The van der Waals surface area contributed by atoms with Crippen LogP contribution >= 0.6 is 0 Å². The van der Waals surface area contributed by atoms with Crippen LogP contribution < -0.4 is 10.5 Å². The molecule has 0 aromatic heterocycles. The number of hydrogen-bond donors (Lipinski definition) is 2. The summed E-state index contributed by atoms with van der Waals surface area (Å²) in [5.74, 6) is 1.12. The third kappa shape index (κ3) is 2.58. The van der Waals surface area contributed by atoms with Crippen LogP contribution in [0.4, 0.5) is 0 Å². The molecule has 1 aromatic carbocycles. The summed E-state index contributed by atoms with van der Waals surface area (Å²) < 4.78 is 22.6. The fourth-order valence-corrected chi connectivity index (χ4v) is 4.05. The van der Waals surface area contributed by atoms with Gasteiger partial charge in [0.2, 0.25) is 10.0 Å². The maximum Gasteiger partial charge on any atom is 0.251 e. The zero-order valence-corrected chi connectivity index (χ0v) is 11.9. The number of carbonyl (C=O) groups excluding carboxylic acids is 1. The summed E-state index contributed by atoms with van der Waals surface area (Å²) >= 11 is 0. The monoisotopic (exact) mass is 294 g/mol. The lowest BCUT2D eigenvalue weighted by Crippen LogP contribution is -2.38. The predicted molar refractivity (Wildman–Crippen MR) is 74.5 cm³/mol. The Hall–Kier alpha value is -1.40. The molecule has 5 nitrogen and oxygen atoms in total. The number of benzene rings is 1. The molecule has 0 aliphatic heterocycles. The summed E-state index contributed by atoms with van der Waals surface area (Å²) in [6.45, 7) is 0. The second-order valence-electron chi connectivity index (χ2n) is 5.83. The molecule has 0 radical (unpaired) electrons. The molecule has 2 aliphatic rings. The minimum atomic E-state index is -3.77. The van der Waals surface area contributed by atoms with Crippen LogP contribution in [-0.2, 0) is 10.0 Å². The van der Waals surface area contributed by atoms with E-state index in [4.69, 9.17) is 5.14 Å². The van der Waals surface area contributed by atoms with Gasteiger partial charge in [0.05, 0.1) is 4.90 Å². The Labute approximate surface area is 118 Å². The first-order chi connectivity index (χ1) is 9.43. The summed E-state index contributed by atoms with van der Waals surface area (Å²) in [6.07, 6.45) is 4.72. The Balaban J connectivity index is 1.74. The number of sulfonamides is 1. The Morgan fingerprint density at radius 2 is 2.05 bits per heavy atom. The number of rotatable bonds is 3. The van der Waals surface area contributed by atoms with Crippen LogP contribution in [0.5, 0.6) is 0 Å². The van der Waals surface area contributed by atoms with Gasteiger partial charge in [-0.3, -0.25) is 4.79 Å². The van der Waals surface area contributed by atoms with E-state index in [9.17, 15) is 13.2 Å². The molecule has 2 fully saturated rings. The topological polar surface area (TPSA) is 89.3 Å². The van der Waals surface area contributed by atoms with Crippen molar-refractivity contribution in [2.24, 2.45) is 17.0 Å². The van der Waals surface area contributed by atoms with Crippen molar-refractivity contribution in [2.45, 2.75) is 36.6 Å². The number of primary sulfonamides is 1. The Bertz CT molecular complexity index is 642. The minimum Gasteiger partial charge on any atom is -0.349 e. The van der Waals surface area contributed by atoms with Crippen LogP contribution in [0.3, 0.4) is 0 Å². The van der Waals surface area contributed by atoms with Gasteiger partial charge in [-0.1, -0.05) is 12.5 Å². The van der Waals surface area contributed by atoms with E-state index >= 15 is 0 Å². The van der Waals surface area contributed by atoms with E-state index < -0.39 is 10.0 Å². The number of carbonyl (C=O) groups is 1. The molecule has 0 heterocycles. The van der Waals surface area contributed by atoms with Gasteiger partial charge in [-0.25, -0.2) is 13.6 Å². The molecule has 20 heavy (non-hydrogen) atoms. The molecule has 3 N–H and O–H groups in total. The van der Waals surface area contributed by atoms with E-state index in [1.807, 2.05) is 0 Å². The summed E-state index contributed by atoms with van der Waals surface area (Å²) in [6, 6.07) is 6.10. The quantitative estimate of drug-likeness (QED) is 0.879. The molecule has 3 rings (SSSR count). The third-order valence-electron chi connectivity index (χ3n) is 4.48. The fraction of sp³-hybridized carbons (Fsp3) is 0.500. The summed E-state index contributed by atoms with van der Waals surface area (Å²) in [7, 11) is -3.77. The molecule has 3 atom stereocenters. The van der Waals surface area contributed by atoms with Gasteiger partial charge in [0, 0.05) is 11.6 Å². The third-order valence-corrected chi connectivity index (χ3v) is 5.39. The van der Waals surface area contributed by atoms with E-state index in [1.54, 1.807) is 6.07 Å². The van der Waals surface area contributed by atoms with Crippen molar-refractivity contribution in [3.8, 4) is 0 Å². The van der Waals surface area contributed by atoms with E-state index in [0.29, 0.717) is 11.5 Å². The molecule has 108 valence electrons. The van der Waals surface area contributed by atoms with Gasteiger partial charge < -0.3 is 5.32 Å². The SMILES string of the molecule is NS(=O)(=O)c1cccc(C(=O)NC2CC3CCC2C3)c1. The van der Waals surface area contributed by atoms with E-state index in [2.05, 4.69) is 5.32 Å². The predicted octanol–water partition coefficient (Wildman–Crippen LogP) is 1.25. The highest BCUT2D eigenvalue weighted by atomic mass is 32.2. The summed E-state index contributed by atoms with van der Waals surface area (Å²) in [4.78, 5) is 12.2. The number of fused-ring (bicyclic) bond motifs is 2. The molecule has 2 aliphatic carbocycles. The van der Waals surface area contributed by atoms with Gasteiger partial charge in [-0.2, -0.15) is 0 Å². The number of nitrogens with two attached hydrogens (primary N) is 1. The molecule has 0 spiro atoms. The van der Waals surface area contributed by atoms with E-state index in [-0.39, 0.29) is 16.8 Å². The molecular formula is C14H18N2O3S. The fourth-order valence-electron chi connectivity index (χ4n) is 3.49. The maximum absolute atomic E-state index is 12.2. The summed E-state index contributed by atoms with van der Waals surface area (Å²) in [5.41, 5.74) is 0.347. The lowest BCUT2D eigenvalue weighted by Gasteiger charge is -2.22. The van der Waals surface area contributed by atoms with Crippen molar-refractivity contribution in [3.63, 3.8) is 0 Å². The molecule has 3 unspecified atom stereocenters. The van der Waals surface area contributed by atoms with Crippen LogP contribution in [0, 0.1) is 11.8 Å². The second kappa shape index (κ2) is 4.86. The number of nitrogens with one attached hydrogen (secondary N) is 1. The second-order valence-corrected chi connectivity index (χ2v) is 7.39. The van der Waals surface area contributed by atoms with E-state index in [1.165, 1.54) is 37.5 Å². The van der Waals surface area contributed by atoms with Crippen LogP contribution in [-0.4, -0.2) is 20.4 Å². The zero-order chi connectivity index (χ0) is 14.3. The van der Waals surface area contributed by atoms with Crippen molar-refractivity contribution in [2.75, 3.05) is 0 Å². The first kappa shape index (κ1) is 13.6. The Morgan fingerprint density at radius 3 is 2.65 bits per heavy atom. The van der Waals surface area contributed by atoms with Gasteiger partial charge in [-0.05, 0) is 49.3 Å². The zero-order valence-electron chi connectivity index (χ0n) is 11.1. The number of hydrogen-bond acceptors (Lipinski definition) is 3. The molecule has 2 bridgehead atoms. The van der Waals surface area contributed by atoms with Gasteiger partial charge in [-0.15, -0.1) is 0 Å². The van der Waals surface area contributed by atoms with Gasteiger partial charge in [0.25, 0.3) is 5.91 Å². The highest BCUT2D eigenvalue weighted by Crippen LogP contribution is 2.44. The van der Waals surface area contributed by atoms with Crippen molar-refractivity contribution >= 4 is 15.9 Å². The average Bonchev–Trinajstić information content (AvgIpc) is 3.00. The van der Waals surface area contributed by atoms with Crippen molar-refractivity contribution in [1.82, 2.24) is 5.32 Å². The highest BCUT2D eigenvalue weighted by molar-refractivity contribution is 7.89. The molecule has 1 aromatic rings. The molecular weight excluding hydrogens is 276 g/mol. The minimum absolute atomic E-state index is 0.0295. The van der Waals surface area contributed by atoms with Gasteiger partial charge >= 0.3 is 0 Å². The lowest BCUT2D eigenvalue weighted by atomic mass is 9.95. The van der Waals surface area contributed by atoms with Gasteiger partial charge in [0.1, 0.15) is 0 Å². The highest BCUT2D eigenvalue weighted by Gasteiger charge is 2.40. The lowest BCUT2D eigenvalue weighted by molar-refractivity contribution is 0.0922. The Morgan fingerprint density at radius 1 is 1.25 bits per heavy atom. The maximum atomic E-state index is 12.2. The largest absolute Gasteiger partial charge is 0.349 e. The van der Waals surface area contributed by atoms with Crippen LogP contribution in [0.15, 0.2) is 29.2 Å². The van der Waals surface area contributed by atoms with Crippen LogP contribution in [0.25, 0.3) is 0 Å². The number of amides is 1. The smallest absolute Gasteiger partial charge is 0.251 e. The Kier molecular flexibility index (Phi) is 3.30. The molecule has 2 saturated carbocycles. The van der Waals surface area contributed by atoms with Gasteiger partial charge in [0.15, 0.2) is 0 Å². The van der Waals surface area contributed by atoms with Crippen molar-refractivity contribution < 1.29 is 13.2 Å². The summed E-state index contributed by atoms with van der Waals surface area (Å²) in [5, 5.41) is 8.11. The molecule has 0 saturated heterocycles. The first-order valence-corrected chi connectivity index (χ1v) is 8.42. The molecule has 1 amide bonds. The normalized spacial score (nSPS) is 28.6. The first-order valence-electron chi connectivity index (χ1n) is 6.87.